The molecule has 0 spiro atoms. The molecule has 0 heterocycles. The van der Waals surface area contributed by atoms with Gasteiger partial charge in [0.05, 0.1) is 5.25 Å². The Morgan fingerprint density at radius 2 is 2.15 bits per heavy atom. The second-order valence-electron chi connectivity index (χ2n) is 2.29. The smallest absolute Gasteiger partial charge is 0.803 e. The predicted molar refractivity (Wildman–Crippen MR) is 45.8 cm³/mol. The maximum atomic E-state index is 10.3. The van der Waals surface area contributed by atoms with Crippen LogP contribution in [0.15, 0.2) is 0 Å². The SMILES string of the molecule is CCCC(SP(=O)([O-])[O-])C(=N)N.[Na+]. The van der Waals surface area contributed by atoms with E-state index in [0.717, 1.165) is 0 Å². The summed E-state index contributed by atoms with van der Waals surface area (Å²) in [5.74, 6) is -0.256. The molecule has 0 saturated heterocycles. The summed E-state index contributed by atoms with van der Waals surface area (Å²) in [6.45, 7) is -2.78. The molecule has 0 aliphatic rings. The van der Waals surface area contributed by atoms with Crippen molar-refractivity contribution in [3.63, 3.8) is 0 Å². The van der Waals surface area contributed by atoms with Crippen LogP contribution in [-0.4, -0.2) is 11.1 Å². The van der Waals surface area contributed by atoms with Crippen molar-refractivity contribution in [1.82, 2.24) is 0 Å². The van der Waals surface area contributed by atoms with Crippen molar-refractivity contribution in [2.24, 2.45) is 5.73 Å². The van der Waals surface area contributed by atoms with Crippen molar-refractivity contribution in [1.29, 1.82) is 5.41 Å². The zero-order valence-corrected chi connectivity index (χ0v) is 11.4. The second kappa shape index (κ2) is 7.29. The van der Waals surface area contributed by atoms with Crippen LogP contribution in [-0.2, 0) is 4.57 Å². The molecule has 0 radical (unpaired) electrons. The molecule has 0 fully saturated rings. The molecule has 0 aromatic rings. The van der Waals surface area contributed by atoms with Crippen molar-refractivity contribution in [2.75, 3.05) is 0 Å². The number of hydrogen-bond acceptors (Lipinski definition) is 5. The van der Waals surface area contributed by atoms with Gasteiger partial charge in [-0.1, -0.05) is 13.3 Å². The number of hydrogen-bond donors (Lipinski definition) is 2. The van der Waals surface area contributed by atoms with Crippen molar-refractivity contribution in [3.8, 4) is 0 Å². The normalized spacial score (nSPS) is 13.2. The quantitative estimate of drug-likeness (QED) is 0.223. The number of amidine groups is 1. The predicted octanol–water partition coefficient (Wildman–Crippen LogP) is -3.34. The van der Waals surface area contributed by atoms with Crippen molar-refractivity contribution < 1.29 is 43.9 Å². The Hall–Kier alpha value is 0.970. The molecule has 0 aromatic carbocycles. The Balaban J connectivity index is 0. The average molecular weight is 233 g/mol. The van der Waals surface area contributed by atoms with Gasteiger partial charge in [0.15, 0.2) is 0 Å². The van der Waals surface area contributed by atoms with Crippen LogP contribution in [0.25, 0.3) is 0 Å². The molecule has 3 N–H and O–H groups in total. The fourth-order valence-electron chi connectivity index (χ4n) is 0.683. The van der Waals surface area contributed by atoms with Crippen LogP contribution in [0.4, 0.5) is 0 Å². The average Bonchev–Trinajstić information content (AvgIpc) is 1.83. The molecular weight excluding hydrogens is 222 g/mol. The van der Waals surface area contributed by atoms with Crippen LogP contribution in [0, 0.1) is 5.41 Å². The molecule has 1 atom stereocenters. The fourth-order valence-corrected chi connectivity index (χ4v) is 3.04. The number of rotatable bonds is 5. The Morgan fingerprint density at radius 3 is 2.38 bits per heavy atom. The second-order valence-corrected chi connectivity index (χ2v) is 5.93. The molecule has 0 aliphatic heterocycles. The standard InChI is InChI=1S/C5H13N2O3PS.Na/c1-2-3-4(5(6)7)12-11(8,9)10;/h4H,2-3H2,1H3,(H3,6,7)(H2,8,9,10);/q;+1/p-2. The number of nitrogens with two attached hydrogens (primary N) is 1. The van der Waals surface area contributed by atoms with E-state index in [4.69, 9.17) is 11.1 Å². The first-order chi connectivity index (χ1) is 5.37. The van der Waals surface area contributed by atoms with Gasteiger partial charge in [-0.25, -0.2) is 0 Å². The van der Waals surface area contributed by atoms with E-state index in [1.54, 1.807) is 0 Å². The van der Waals surface area contributed by atoms with Crippen LogP contribution in [0.5, 0.6) is 0 Å². The Kier molecular flexibility index (Phi) is 9.19. The first-order valence-electron chi connectivity index (χ1n) is 3.41. The molecular formula is C5H11N2NaO3PS-. The van der Waals surface area contributed by atoms with Crippen molar-refractivity contribution in [3.05, 3.63) is 0 Å². The van der Waals surface area contributed by atoms with E-state index in [0.29, 0.717) is 12.8 Å². The van der Waals surface area contributed by atoms with Crippen LogP contribution < -0.4 is 45.1 Å². The molecule has 0 amide bonds. The number of nitrogens with one attached hydrogen (secondary N) is 1. The van der Waals surface area contributed by atoms with Crippen molar-refractivity contribution >= 4 is 24.0 Å². The van der Waals surface area contributed by atoms with E-state index < -0.39 is 12.0 Å². The monoisotopic (exact) mass is 233 g/mol. The Bertz CT molecular complexity index is 210. The van der Waals surface area contributed by atoms with Gasteiger partial charge in [0.1, 0.15) is 5.84 Å². The molecule has 0 rings (SSSR count). The van der Waals surface area contributed by atoms with Gasteiger partial charge in [0.25, 0.3) is 0 Å². The van der Waals surface area contributed by atoms with E-state index in [1.807, 2.05) is 6.92 Å². The molecule has 13 heavy (non-hydrogen) atoms. The summed E-state index contributed by atoms with van der Waals surface area (Å²) in [5, 5.41) is 6.31. The van der Waals surface area contributed by atoms with E-state index in [9.17, 15) is 14.4 Å². The molecule has 0 saturated carbocycles. The molecule has 0 aromatic heterocycles. The van der Waals surface area contributed by atoms with Crippen LogP contribution in [0.2, 0.25) is 0 Å². The zero-order valence-electron chi connectivity index (χ0n) is 7.65. The van der Waals surface area contributed by atoms with Crippen LogP contribution in [0.1, 0.15) is 19.8 Å². The molecule has 1 unspecified atom stereocenters. The van der Waals surface area contributed by atoms with E-state index in [-0.39, 0.29) is 46.8 Å². The molecule has 5 nitrogen and oxygen atoms in total. The summed E-state index contributed by atoms with van der Waals surface area (Å²) in [5.41, 5.74) is 5.09. The molecule has 72 valence electrons. The van der Waals surface area contributed by atoms with Gasteiger partial charge in [-0.2, -0.15) is 0 Å². The van der Waals surface area contributed by atoms with Gasteiger partial charge >= 0.3 is 29.6 Å². The maximum Gasteiger partial charge on any atom is 1.00 e. The van der Waals surface area contributed by atoms with Gasteiger partial charge in [0, 0.05) is 0 Å². The molecule has 0 aliphatic carbocycles. The summed E-state index contributed by atoms with van der Waals surface area (Å²) >= 11 is 0.229. The summed E-state index contributed by atoms with van der Waals surface area (Å²) in [6.07, 6.45) is 1.13. The largest absolute Gasteiger partial charge is 1.00 e. The minimum absolute atomic E-state index is 0. The van der Waals surface area contributed by atoms with E-state index in [2.05, 4.69) is 0 Å². The molecule has 8 heteroatoms. The zero-order chi connectivity index (χ0) is 9.78. The fraction of sp³-hybridized carbons (Fsp3) is 0.800. The third-order valence-electron chi connectivity index (χ3n) is 1.15. The summed E-state index contributed by atoms with van der Waals surface area (Å²) in [4.78, 5) is 20.6. The van der Waals surface area contributed by atoms with E-state index in [1.165, 1.54) is 0 Å². The van der Waals surface area contributed by atoms with Gasteiger partial charge in [-0.05, 0) is 13.2 Å². The minimum atomic E-state index is -4.61. The van der Waals surface area contributed by atoms with Gasteiger partial charge in [-0.3, -0.25) is 5.41 Å². The van der Waals surface area contributed by atoms with Gasteiger partial charge in [-0.15, -0.1) is 11.4 Å². The van der Waals surface area contributed by atoms with Crippen LogP contribution >= 0.6 is 18.2 Å². The van der Waals surface area contributed by atoms with Gasteiger partial charge in [0.2, 0.25) is 0 Å². The summed E-state index contributed by atoms with van der Waals surface area (Å²) in [6, 6.07) is 0. The molecule has 0 bridgehead atoms. The third-order valence-corrected chi connectivity index (χ3v) is 3.69. The first kappa shape index (κ1) is 16.4. The van der Waals surface area contributed by atoms with E-state index >= 15 is 0 Å². The summed E-state index contributed by atoms with van der Waals surface area (Å²) in [7, 11) is 0. The summed E-state index contributed by atoms with van der Waals surface area (Å²) < 4.78 is 10.3. The van der Waals surface area contributed by atoms with Crippen molar-refractivity contribution in [2.45, 2.75) is 25.0 Å². The topological polar surface area (TPSA) is 113 Å². The van der Waals surface area contributed by atoms with Gasteiger partial charge < -0.3 is 20.1 Å². The maximum absolute atomic E-state index is 10.3. The minimum Gasteiger partial charge on any atom is -0.803 e. The Morgan fingerprint density at radius 1 is 1.69 bits per heavy atom. The first-order valence-corrected chi connectivity index (χ1v) is 6.44. The third kappa shape index (κ3) is 9.28. The van der Waals surface area contributed by atoms with Crippen LogP contribution in [0.3, 0.4) is 0 Å². The Labute approximate surface area is 104 Å².